The zero-order valence-corrected chi connectivity index (χ0v) is 16.9. The van der Waals surface area contributed by atoms with E-state index in [1.165, 1.54) is 6.92 Å². The summed E-state index contributed by atoms with van der Waals surface area (Å²) in [5.74, 6) is 1.24. The molecule has 0 saturated heterocycles. The van der Waals surface area contributed by atoms with Crippen LogP contribution >= 0.6 is 0 Å². The second-order valence-corrected chi connectivity index (χ2v) is 6.74. The minimum Gasteiger partial charge on any atom is -0.496 e. The van der Waals surface area contributed by atoms with E-state index in [0.29, 0.717) is 18.8 Å². The number of para-hydroxylation sites is 1. The predicted octanol–water partition coefficient (Wildman–Crippen LogP) is 3.86. The van der Waals surface area contributed by atoms with Crippen LogP contribution in [0, 0.1) is 0 Å². The molecule has 0 aliphatic carbocycles. The maximum Gasteiger partial charge on any atom is 0.226 e. The number of benzene rings is 2. The molecule has 1 N–H and O–H groups in total. The predicted molar refractivity (Wildman–Crippen MR) is 110 cm³/mol. The van der Waals surface area contributed by atoms with Gasteiger partial charge in [-0.05, 0) is 44.2 Å². The van der Waals surface area contributed by atoms with Crippen LogP contribution in [0.25, 0.3) is 0 Å². The first kappa shape index (κ1) is 21.3. The number of methoxy groups -OCH3 is 1. The first-order valence-corrected chi connectivity index (χ1v) is 9.33. The van der Waals surface area contributed by atoms with Crippen molar-refractivity contribution < 1.29 is 19.1 Å². The van der Waals surface area contributed by atoms with Gasteiger partial charge in [0.1, 0.15) is 11.5 Å². The highest BCUT2D eigenvalue weighted by Gasteiger charge is 2.14. The molecule has 0 heterocycles. The zero-order valence-electron chi connectivity index (χ0n) is 16.9. The summed E-state index contributed by atoms with van der Waals surface area (Å²) in [4.78, 5) is 25.9. The molecule has 2 amide bonds. The number of amides is 2. The van der Waals surface area contributed by atoms with Gasteiger partial charge >= 0.3 is 0 Å². The molecule has 0 unspecified atom stereocenters. The van der Waals surface area contributed by atoms with E-state index in [1.807, 2.05) is 50.2 Å². The van der Waals surface area contributed by atoms with Crippen molar-refractivity contribution in [3.05, 3.63) is 54.1 Å². The third kappa shape index (κ3) is 6.61. The fourth-order valence-electron chi connectivity index (χ4n) is 2.74. The van der Waals surface area contributed by atoms with E-state index in [1.54, 1.807) is 24.1 Å². The molecule has 0 aliphatic rings. The Hall–Kier alpha value is -3.02. The van der Waals surface area contributed by atoms with Crippen LogP contribution in [0.5, 0.6) is 11.5 Å². The number of carbonyl (C=O) groups is 2. The van der Waals surface area contributed by atoms with Gasteiger partial charge in [-0.2, -0.15) is 0 Å². The van der Waals surface area contributed by atoms with Crippen LogP contribution in [0.15, 0.2) is 48.5 Å². The molecule has 0 atom stereocenters. The number of nitrogens with zero attached hydrogens (tertiary/aromatic N) is 1. The van der Waals surface area contributed by atoms with Gasteiger partial charge in [0.25, 0.3) is 0 Å². The van der Waals surface area contributed by atoms with Crippen molar-refractivity contribution in [1.82, 2.24) is 4.90 Å². The highest BCUT2D eigenvalue weighted by atomic mass is 16.5. The van der Waals surface area contributed by atoms with E-state index in [-0.39, 0.29) is 24.3 Å². The number of hydrogen-bond acceptors (Lipinski definition) is 4. The van der Waals surface area contributed by atoms with Crippen molar-refractivity contribution in [2.45, 2.75) is 39.8 Å². The maximum absolute atomic E-state index is 12.3. The minimum absolute atomic E-state index is 0.0890. The Bertz CT molecular complexity index is 787. The molecule has 28 heavy (non-hydrogen) atoms. The minimum atomic E-state index is -0.149. The van der Waals surface area contributed by atoms with Gasteiger partial charge in [-0.25, -0.2) is 0 Å². The van der Waals surface area contributed by atoms with E-state index < -0.39 is 0 Å². The van der Waals surface area contributed by atoms with Crippen LogP contribution in [0.2, 0.25) is 0 Å². The molecule has 2 aromatic rings. The Labute approximate surface area is 166 Å². The van der Waals surface area contributed by atoms with Crippen molar-refractivity contribution >= 4 is 17.5 Å². The number of anilines is 1. The lowest BCUT2D eigenvalue weighted by Gasteiger charge is -2.22. The standard InChI is InChI=1S/C22H28N2O4/c1-16(2)28-20-11-9-19(10-12-20)23-22(26)13-14-24(17(3)25)15-18-7-5-6-8-21(18)27-4/h5-12,16H,13-15H2,1-4H3,(H,23,26). The monoisotopic (exact) mass is 384 g/mol. The van der Waals surface area contributed by atoms with Gasteiger partial charge < -0.3 is 19.7 Å². The van der Waals surface area contributed by atoms with Crippen molar-refractivity contribution in [3.63, 3.8) is 0 Å². The first-order valence-electron chi connectivity index (χ1n) is 9.33. The normalized spacial score (nSPS) is 10.5. The molecule has 6 heteroatoms. The summed E-state index contributed by atoms with van der Waals surface area (Å²) in [5.41, 5.74) is 1.60. The lowest BCUT2D eigenvalue weighted by Crippen LogP contribution is -2.31. The Morgan fingerprint density at radius 3 is 2.36 bits per heavy atom. The van der Waals surface area contributed by atoms with E-state index in [9.17, 15) is 9.59 Å². The Morgan fingerprint density at radius 1 is 1.07 bits per heavy atom. The van der Waals surface area contributed by atoms with Gasteiger partial charge in [-0.3, -0.25) is 9.59 Å². The molecule has 0 aliphatic heterocycles. The third-order valence-corrected chi connectivity index (χ3v) is 4.12. The Balaban J connectivity index is 1.90. The number of rotatable bonds is 9. The smallest absolute Gasteiger partial charge is 0.226 e. The molecule has 0 spiro atoms. The van der Waals surface area contributed by atoms with Crippen LogP contribution in [0.3, 0.4) is 0 Å². The Morgan fingerprint density at radius 2 is 1.75 bits per heavy atom. The van der Waals surface area contributed by atoms with Crippen LogP contribution in [-0.4, -0.2) is 36.5 Å². The number of nitrogens with one attached hydrogen (secondary N) is 1. The van der Waals surface area contributed by atoms with Gasteiger partial charge in [0.2, 0.25) is 11.8 Å². The molecule has 0 radical (unpaired) electrons. The molecule has 6 nitrogen and oxygen atoms in total. The number of carbonyl (C=O) groups excluding carboxylic acids is 2. The molecule has 2 rings (SSSR count). The van der Waals surface area contributed by atoms with E-state index in [4.69, 9.17) is 9.47 Å². The van der Waals surface area contributed by atoms with Crippen molar-refractivity contribution in [3.8, 4) is 11.5 Å². The van der Waals surface area contributed by atoms with Crippen LogP contribution in [0.4, 0.5) is 5.69 Å². The molecule has 2 aromatic carbocycles. The summed E-state index contributed by atoms with van der Waals surface area (Å²) >= 11 is 0. The molecular weight excluding hydrogens is 356 g/mol. The van der Waals surface area contributed by atoms with Crippen LogP contribution in [-0.2, 0) is 16.1 Å². The summed E-state index contributed by atoms with van der Waals surface area (Å²) in [6, 6.07) is 14.8. The molecule has 0 saturated carbocycles. The molecule has 0 aromatic heterocycles. The van der Waals surface area contributed by atoms with Gasteiger partial charge in [0.15, 0.2) is 0 Å². The number of ether oxygens (including phenoxy) is 2. The average Bonchev–Trinajstić information content (AvgIpc) is 2.66. The lowest BCUT2D eigenvalue weighted by atomic mass is 10.2. The molecule has 0 fully saturated rings. The maximum atomic E-state index is 12.3. The van der Waals surface area contributed by atoms with E-state index >= 15 is 0 Å². The van der Waals surface area contributed by atoms with Crippen LogP contribution < -0.4 is 14.8 Å². The average molecular weight is 384 g/mol. The van der Waals surface area contributed by atoms with E-state index in [0.717, 1.165) is 17.1 Å². The largest absolute Gasteiger partial charge is 0.496 e. The van der Waals surface area contributed by atoms with Gasteiger partial charge in [-0.1, -0.05) is 18.2 Å². The van der Waals surface area contributed by atoms with Crippen molar-refractivity contribution in [2.24, 2.45) is 0 Å². The topological polar surface area (TPSA) is 67.9 Å². The fraction of sp³-hybridized carbons (Fsp3) is 0.364. The second kappa shape index (κ2) is 10.3. The SMILES string of the molecule is COc1ccccc1CN(CCC(=O)Nc1ccc(OC(C)C)cc1)C(C)=O. The summed E-state index contributed by atoms with van der Waals surface area (Å²) in [7, 11) is 1.60. The van der Waals surface area contributed by atoms with Gasteiger partial charge in [0, 0.05) is 37.7 Å². The molecule has 0 bridgehead atoms. The molecule has 150 valence electrons. The second-order valence-electron chi connectivity index (χ2n) is 6.74. The summed E-state index contributed by atoms with van der Waals surface area (Å²) < 4.78 is 10.9. The van der Waals surface area contributed by atoms with Gasteiger partial charge in [0.05, 0.1) is 13.2 Å². The lowest BCUT2D eigenvalue weighted by molar-refractivity contribution is -0.129. The van der Waals surface area contributed by atoms with Crippen molar-refractivity contribution in [1.29, 1.82) is 0 Å². The molecular formula is C22H28N2O4. The highest BCUT2D eigenvalue weighted by Crippen LogP contribution is 2.20. The van der Waals surface area contributed by atoms with Crippen molar-refractivity contribution in [2.75, 3.05) is 19.0 Å². The van der Waals surface area contributed by atoms with E-state index in [2.05, 4.69) is 5.32 Å². The fourth-order valence-corrected chi connectivity index (χ4v) is 2.74. The quantitative estimate of drug-likeness (QED) is 0.713. The zero-order chi connectivity index (χ0) is 20.5. The summed E-state index contributed by atoms with van der Waals surface area (Å²) in [6.07, 6.45) is 0.306. The third-order valence-electron chi connectivity index (χ3n) is 4.12. The Kier molecular flexibility index (Phi) is 7.87. The first-order chi connectivity index (χ1) is 13.4. The highest BCUT2D eigenvalue weighted by molar-refractivity contribution is 5.91. The number of hydrogen-bond donors (Lipinski definition) is 1. The summed E-state index contributed by atoms with van der Waals surface area (Å²) in [5, 5.41) is 2.85. The van der Waals surface area contributed by atoms with Crippen LogP contribution in [0.1, 0.15) is 32.8 Å². The van der Waals surface area contributed by atoms with Gasteiger partial charge in [-0.15, -0.1) is 0 Å². The summed E-state index contributed by atoms with van der Waals surface area (Å²) in [6.45, 7) is 6.14.